The van der Waals surface area contributed by atoms with Crippen LogP contribution in [0.15, 0.2) is 41.5 Å². The van der Waals surface area contributed by atoms with Gasteiger partial charge in [-0.15, -0.1) is 0 Å². The summed E-state index contributed by atoms with van der Waals surface area (Å²) in [4.78, 5) is 24.0. The quantitative estimate of drug-likeness (QED) is 0.697. The monoisotopic (exact) mass is 362 g/mol. The molecule has 1 fully saturated rings. The van der Waals surface area contributed by atoms with Crippen molar-refractivity contribution in [2.75, 3.05) is 18.0 Å². The van der Waals surface area contributed by atoms with Gasteiger partial charge in [0, 0.05) is 56.8 Å². The maximum Gasteiger partial charge on any atom is 0.250 e. The van der Waals surface area contributed by atoms with Gasteiger partial charge in [-0.1, -0.05) is 6.07 Å². The van der Waals surface area contributed by atoms with E-state index in [-0.39, 0.29) is 5.56 Å². The molecular formula is C20H22N6O. The summed E-state index contributed by atoms with van der Waals surface area (Å²) < 4.78 is 3.79. The minimum Gasteiger partial charge on any atom is -0.340 e. The Bertz CT molecular complexity index is 1070. The highest BCUT2D eigenvalue weighted by molar-refractivity contribution is 5.60. The number of aromatic nitrogens is 5. The van der Waals surface area contributed by atoms with Gasteiger partial charge < -0.3 is 9.47 Å². The number of pyridine rings is 1. The number of hydrogen-bond acceptors (Lipinski definition) is 5. The Hall–Kier alpha value is -2.96. The maximum absolute atomic E-state index is 12.2. The maximum atomic E-state index is 12.2. The number of anilines is 1. The number of nitrogens with zero attached hydrogens (tertiary/aromatic N) is 6. The fourth-order valence-corrected chi connectivity index (χ4v) is 4.51. The van der Waals surface area contributed by atoms with Crippen LogP contribution in [-0.4, -0.2) is 37.4 Å². The minimum atomic E-state index is 0.112. The molecular weight excluding hydrogens is 340 g/mol. The first-order valence-corrected chi connectivity index (χ1v) is 9.37. The molecule has 0 amide bonds. The van der Waals surface area contributed by atoms with Crippen LogP contribution in [0, 0.1) is 12.8 Å². The SMILES string of the molecule is Cc1cnc(N2C[C@H]3C[C@@H](C2)c2cccc(=O)n2C3)nc1-c1ccnn1C. The second-order valence-electron chi connectivity index (χ2n) is 7.64. The fourth-order valence-electron chi connectivity index (χ4n) is 4.51. The summed E-state index contributed by atoms with van der Waals surface area (Å²) in [6.07, 6.45) is 4.81. The molecule has 0 aromatic carbocycles. The summed E-state index contributed by atoms with van der Waals surface area (Å²) in [5.41, 5.74) is 4.21. The molecule has 2 aliphatic heterocycles. The first-order chi connectivity index (χ1) is 13.1. The second kappa shape index (κ2) is 6.04. The molecule has 2 aliphatic rings. The van der Waals surface area contributed by atoms with E-state index in [1.54, 1.807) is 12.3 Å². The van der Waals surface area contributed by atoms with Crippen molar-refractivity contribution in [2.45, 2.75) is 25.8 Å². The standard InChI is InChI=1S/C20H22N6O/c1-13-9-21-20(23-19(13)17-6-7-22-24(17)2)25-10-14-8-15(12-25)16-4-3-5-18(27)26(16)11-14/h3-7,9,14-15H,8,10-12H2,1-2H3/t14-,15+/m1/s1. The molecule has 0 spiro atoms. The molecule has 0 N–H and O–H groups in total. The second-order valence-corrected chi connectivity index (χ2v) is 7.64. The smallest absolute Gasteiger partial charge is 0.250 e. The van der Waals surface area contributed by atoms with E-state index in [0.29, 0.717) is 11.8 Å². The Kier molecular flexibility index (Phi) is 3.63. The van der Waals surface area contributed by atoms with Crippen molar-refractivity contribution >= 4 is 5.95 Å². The third-order valence-corrected chi connectivity index (χ3v) is 5.79. The van der Waals surface area contributed by atoms with Gasteiger partial charge in [0.2, 0.25) is 5.95 Å². The van der Waals surface area contributed by atoms with Gasteiger partial charge in [-0.2, -0.15) is 5.10 Å². The van der Waals surface area contributed by atoms with Crippen LogP contribution in [0.2, 0.25) is 0 Å². The molecule has 0 saturated carbocycles. The number of fused-ring (bicyclic) bond motifs is 4. The molecule has 3 aromatic heterocycles. The van der Waals surface area contributed by atoms with E-state index in [4.69, 9.17) is 4.98 Å². The summed E-state index contributed by atoms with van der Waals surface area (Å²) in [5.74, 6) is 1.55. The lowest BCUT2D eigenvalue weighted by Crippen LogP contribution is -2.47. The number of piperidine rings is 1. The molecule has 5 rings (SSSR count). The van der Waals surface area contributed by atoms with Crippen LogP contribution in [0.25, 0.3) is 11.4 Å². The summed E-state index contributed by atoms with van der Waals surface area (Å²) in [6.45, 7) is 4.53. The van der Waals surface area contributed by atoms with Gasteiger partial charge in [-0.05, 0) is 37.0 Å². The van der Waals surface area contributed by atoms with Crippen LogP contribution in [0.3, 0.4) is 0 Å². The predicted octanol–water partition coefficient (Wildman–Crippen LogP) is 1.97. The van der Waals surface area contributed by atoms with Crippen LogP contribution in [0.1, 0.15) is 23.6 Å². The molecule has 7 heteroatoms. The van der Waals surface area contributed by atoms with E-state index < -0.39 is 0 Å². The van der Waals surface area contributed by atoms with Crippen molar-refractivity contribution in [1.82, 2.24) is 24.3 Å². The zero-order chi connectivity index (χ0) is 18.5. The Labute approximate surface area is 157 Å². The zero-order valence-corrected chi connectivity index (χ0v) is 15.5. The van der Waals surface area contributed by atoms with Gasteiger partial charge in [0.25, 0.3) is 5.56 Å². The number of aryl methyl sites for hydroxylation is 2. The minimum absolute atomic E-state index is 0.112. The third kappa shape index (κ3) is 2.65. The van der Waals surface area contributed by atoms with Crippen LogP contribution < -0.4 is 10.5 Å². The molecule has 3 aromatic rings. The Morgan fingerprint density at radius 2 is 2.04 bits per heavy atom. The summed E-state index contributed by atoms with van der Waals surface area (Å²) in [6, 6.07) is 7.59. The van der Waals surface area contributed by atoms with E-state index in [9.17, 15) is 4.79 Å². The molecule has 0 aliphatic carbocycles. The highest BCUT2D eigenvalue weighted by Crippen LogP contribution is 2.36. The van der Waals surface area contributed by atoms with Crippen LogP contribution in [0.4, 0.5) is 5.95 Å². The van der Waals surface area contributed by atoms with E-state index in [0.717, 1.165) is 54.6 Å². The first kappa shape index (κ1) is 16.2. The summed E-state index contributed by atoms with van der Waals surface area (Å²) in [7, 11) is 1.93. The Morgan fingerprint density at radius 3 is 2.85 bits per heavy atom. The fraction of sp³-hybridized carbons (Fsp3) is 0.400. The lowest BCUT2D eigenvalue weighted by atomic mass is 9.83. The van der Waals surface area contributed by atoms with Crippen molar-refractivity contribution in [3.05, 3.63) is 58.3 Å². The van der Waals surface area contributed by atoms with E-state index in [2.05, 4.69) is 21.0 Å². The van der Waals surface area contributed by atoms with Gasteiger partial charge in [0.15, 0.2) is 0 Å². The molecule has 5 heterocycles. The average Bonchev–Trinajstić information content (AvgIpc) is 3.09. The lowest BCUT2D eigenvalue weighted by molar-refractivity contribution is 0.279. The topological polar surface area (TPSA) is 68.8 Å². The van der Waals surface area contributed by atoms with Crippen molar-refractivity contribution in [3.63, 3.8) is 0 Å². The molecule has 138 valence electrons. The normalized spacial score (nSPS) is 21.2. The van der Waals surface area contributed by atoms with Crippen molar-refractivity contribution in [1.29, 1.82) is 0 Å². The average molecular weight is 362 g/mol. The van der Waals surface area contributed by atoms with Gasteiger partial charge in [0.1, 0.15) is 0 Å². The number of hydrogen-bond donors (Lipinski definition) is 0. The predicted molar refractivity (Wildman–Crippen MR) is 103 cm³/mol. The van der Waals surface area contributed by atoms with Gasteiger partial charge in [-0.3, -0.25) is 9.48 Å². The highest BCUT2D eigenvalue weighted by atomic mass is 16.1. The molecule has 7 nitrogen and oxygen atoms in total. The van der Waals surface area contributed by atoms with Gasteiger partial charge >= 0.3 is 0 Å². The molecule has 27 heavy (non-hydrogen) atoms. The highest BCUT2D eigenvalue weighted by Gasteiger charge is 2.35. The van der Waals surface area contributed by atoms with Crippen LogP contribution in [0.5, 0.6) is 0 Å². The first-order valence-electron chi connectivity index (χ1n) is 9.37. The van der Waals surface area contributed by atoms with Gasteiger partial charge in [0.05, 0.1) is 11.4 Å². The van der Waals surface area contributed by atoms with E-state index in [1.807, 2.05) is 41.5 Å². The van der Waals surface area contributed by atoms with Gasteiger partial charge in [-0.25, -0.2) is 9.97 Å². The molecule has 2 bridgehead atoms. The Balaban J connectivity index is 1.51. The largest absolute Gasteiger partial charge is 0.340 e. The molecule has 0 unspecified atom stereocenters. The van der Waals surface area contributed by atoms with Crippen molar-refractivity contribution < 1.29 is 0 Å². The van der Waals surface area contributed by atoms with Crippen molar-refractivity contribution in [2.24, 2.45) is 13.0 Å². The summed E-state index contributed by atoms with van der Waals surface area (Å²) >= 11 is 0. The number of rotatable bonds is 2. The van der Waals surface area contributed by atoms with Crippen molar-refractivity contribution in [3.8, 4) is 11.4 Å². The molecule has 1 saturated heterocycles. The zero-order valence-electron chi connectivity index (χ0n) is 15.5. The van der Waals surface area contributed by atoms with Crippen LogP contribution >= 0.6 is 0 Å². The lowest BCUT2D eigenvalue weighted by Gasteiger charge is -2.42. The van der Waals surface area contributed by atoms with E-state index >= 15 is 0 Å². The summed E-state index contributed by atoms with van der Waals surface area (Å²) in [5, 5.41) is 4.27. The molecule has 0 radical (unpaired) electrons. The molecule has 2 atom stereocenters. The van der Waals surface area contributed by atoms with E-state index in [1.165, 1.54) is 0 Å². The third-order valence-electron chi connectivity index (χ3n) is 5.79. The Morgan fingerprint density at radius 1 is 1.15 bits per heavy atom. The van der Waals surface area contributed by atoms with Crippen LogP contribution in [-0.2, 0) is 13.6 Å².